The summed E-state index contributed by atoms with van der Waals surface area (Å²) in [5.74, 6) is 0.297. The number of rotatable bonds is 3. The lowest BCUT2D eigenvalue weighted by Gasteiger charge is -2.19. The van der Waals surface area contributed by atoms with E-state index in [0.717, 1.165) is 18.5 Å². The van der Waals surface area contributed by atoms with Crippen molar-refractivity contribution in [3.63, 3.8) is 0 Å². The molecule has 4 nitrogen and oxygen atoms in total. The van der Waals surface area contributed by atoms with Crippen molar-refractivity contribution in [2.24, 2.45) is 0 Å². The normalized spacial score (nSPS) is 22.8. The second kappa shape index (κ2) is 4.39. The van der Waals surface area contributed by atoms with Gasteiger partial charge in [-0.1, -0.05) is 0 Å². The Bertz CT molecular complexity index is 469. The monoisotopic (exact) mass is 262 g/mol. The molecule has 90 valence electrons. The maximum absolute atomic E-state index is 12.2. The average Bonchev–Trinajstić information content (AvgIpc) is 2.85. The van der Waals surface area contributed by atoms with E-state index in [0.29, 0.717) is 17.3 Å². The third kappa shape index (κ3) is 1.99. The molecule has 0 aromatic carbocycles. The zero-order valence-corrected chi connectivity index (χ0v) is 10.7. The molecule has 2 heterocycles. The largest absolute Gasteiger partial charge is 0.363 e. The van der Waals surface area contributed by atoms with Crippen LogP contribution in [0.2, 0.25) is 0 Å². The number of sulfonamides is 1. The molecule has 0 saturated carbocycles. The molecule has 1 aromatic rings. The van der Waals surface area contributed by atoms with Crippen molar-refractivity contribution in [3.05, 3.63) is 18.0 Å². The van der Waals surface area contributed by atoms with Gasteiger partial charge in [-0.3, -0.25) is 0 Å². The minimum atomic E-state index is -3.33. The summed E-state index contributed by atoms with van der Waals surface area (Å²) in [6.45, 7) is 2.56. The number of aromatic amines is 1. The van der Waals surface area contributed by atoms with Crippen LogP contribution in [0.5, 0.6) is 0 Å². The standard InChI is InChI=1S/C10H15ClN2O2S/c1-8-3-2-4-13(8)16(14,15)10-5-9(6-11)12-7-10/h5,7-8,12H,2-4,6H2,1H3. The van der Waals surface area contributed by atoms with Gasteiger partial charge in [-0.15, -0.1) is 11.6 Å². The zero-order chi connectivity index (χ0) is 11.8. The van der Waals surface area contributed by atoms with Gasteiger partial charge in [0.15, 0.2) is 0 Å². The molecule has 1 fully saturated rings. The maximum Gasteiger partial charge on any atom is 0.244 e. The predicted molar refractivity (Wildman–Crippen MR) is 62.9 cm³/mol. The Morgan fingerprint density at radius 3 is 2.88 bits per heavy atom. The van der Waals surface area contributed by atoms with Crippen LogP contribution in [-0.4, -0.2) is 30.3 Å². The number of alkyl halides is 1. The van der Waals surface area contributed by atoms with Crippen molar-refractivity contribution in [2.75, 3.05) is 6.54 Å². The molecular weight excluding hydrogens is 248 g/mol. The highest BCUT2D eigenvalue weighted by molar-refractivity contribution is 7.89. The quantitative estimate of drug-likeness (QED) is 0.847. The maximum atomic E-state index is 12.2. The molecule has 1 unspecified atom stereocenters. The second-order valence-electron chi connectivity index (χ2n) is 4.10. The third-order valence-corrected chi connectivity index (χ3v) is 5.24. The van der Waals surface area contributed by atoms with Crippen molar-refractivity contribution < 1.29 is 8.42 Å². The van der Waals surface area contributed by atoms with Crippen LogP contribution >= 0.6 is 11.6 Å². The number of halogens is 1. The molecule has 1 aliphatic rings. The highest BCUT2D eigenvalue weighted by atomic mass is 35.5. The molecule has 0 amide bonds. The van der Waals surface area contributed by atoms with Crippen LogP contribution in [0, 0.1) is 0 Å². The molecule has 0 radical (unpaired) electrons. The SMILES string of the molecule is CC1CCCN1S(=O)(=O)c1c[nH]c(CCl)c1. The average molecular weight is 263 g/mol. The van der Waals surface area contributed by atoms with Gasteiger partial charge in [0.05, 0.1) is 10.8 Å². The van der Waals surface area contributed by atoms with E-state index < -0.39 is 10.0 Å². The van der Waals surface area contributed by atoms with E-state index in [4.69, 9.17) is 11.6 Å². The van der Waals surface area contributed by atoms with E-state index in [-0.39, 0.29) is 6.04 Å². The van der Waals surface area contributed by atoms with Gasteiger partial charge >= 0.3 is 0 Å². The smallest absolute Gasteiger partial charge is 0.244 e. The van der Waals surface area contributed by atoms with Gasteiger partial charge in [0.25, 0.3) is 0 Å². The minimum Gasteiger partial charge on any atom is -0.363 e. The molecule has 0 spiro atoms. The molecule has 1 atom stereocenters. The third-order valence-electron chi connectivity index (χ3n) is 2.96. The van der Waals surface area contributed by atoms with Gasteiger partial charge in [0.1, 0.15) is 0 Å². The summed E-state index contributed by atoms with van der Waals surface area (Å²) in [5.41, 5.74) is 0.729. The van der Waals surface area contributed by atoms with Crippen LogP contribution in [0.1, 0.15) is 25.5 Å². The van der Waals surface area contributed by atoms with Crippen molar-refractivity contribution in [2.45, 2.75) is 36.6 Å². The second-order valence-corrected chi connectivity index (χ2v) is 6.26. The molecule has 0 aliphatic carbocycles. The molecule has 0 bridgehead atoms. The van der Waals surface area contributed by atoms with Crippen molar-refractivity contribution in [1.82, 2.24) is 9.29 Å². The minimum absolute atomic E-state index is 0.0966. The van der Waals surface area contributed by atoms with Gasteiger partial charge in [-0.25, -0.2) is 8.42 Å². The number of aromatic nitrogens is 1. The number of H-pyrrole nitrogens is 1. The lowest BCUT2D eigenvalue weighted by Crippen LogP contribution is -2.33. The highest BCUT2D eigenvalue weighted by Crippen LogP contribution is 2.26. The van der Waals surface area contributed by atoms with Crippen molar-refractivity contribution in [3.8, 4) is 0 Å². The molecule has 1 N–H and O–H groups in total. The summed E-state index contributed by atoms with van der Waals surface area (Å²) < 4.78 is 26.0. The van der Waals surface area contributed by atoms with Crippen LogP contribution < -0.4 is 0 Å². The Labute approximate surface area is 101 Å². The first-order chi connectivity index (χ1) is 7.55. The van der Waals surface area contributed by atoms with E-state index in [1.807, 2.05) is 6.92 Å². The summed E-state index contributed by atoms with van der Waals surface area (Å²) in [7, 11) is -3.33. The van der Waals surface area contributed by atoms with E-state index in [2.05, 4.69) is 4.98 Å². The van der Waals surface area contributed by atoms with Gasteiger partial charge in [-0.05, 0) is 25.8 Å². The number of hydrogen-bond acceptors (Lipinski definition) is 2. The Hall–Kier alpha value is -0.520. The summed E-state index contributed by atoms with van der Waals surface area (Å²) in [6, 6.07) is 1.70. The summed E-state index contributed by atoms with van der Waals surface area (Å²) in [4.78, 5) is 3.18. The number of nitrogens with zero attached hydrogens (tertiary/aromatic N) is 1. The van der Waals surface area contributed by atoms with Crippen molar-refractivity contribution >= 4 is 21.6 Å². The van der Waals surface area contributed by atoms with Crippen LogP contribution in [-0.2, 0) is 15.9 Å². The molecule has 1 saturated heterocycles. The topological polar surface area (TPSA) is 53.2 Å². The van der Waals surface area contributed by atoms with Gasteiger partial charge in [0, 0.05) is 24.5 Å². The Kier molecular flexibility index (Phi) is 3.28. The Morgan fingerprint density at radius 1 is 1.62 bits per heavy atom. The summed E-state index contributed by atoms with van der Waals surface area (Å²) in [6.07, 6.45) is 3.39. The van der Waals surface area contributed by atoms with E-state index in [9.17, 15) is 8.42 Å². The van der Waals surface area contributed by atoms with Crippen LogP contribution in [0.4, 0.5) is 0 Å². The lowest BCUT2D eigenvalue weighted by atomic mass is 10.3. The number of nitrogens with one attached hydrogen (secondary N) is 1. The van der Waals surface area contributed by atoms with Crippen LogP contribution in [0.15, 0.2) is 17.2 Å². The fourth-order valence-electron chi connectivity index (χ4n) is 2.04. The number of hydrogen-bond donors (Lipinski definition) is 1. The molecule has 2 rings (SSSR count). The molecular formula is C10H15ClN2O2S. The van der Waals surface area contributed by atoms with E-state index >= 15 is 0 Å². The first-order valence-corrected chi connectivity index (χ1v) is 7.28. The lowest BCUT2D eigenvalue weighted by molar-refractivity contribution is 0.408. The molecule has 1 aromatic heterocycles. The molecule has 6 heteroatoms. The first-order valence-electron chi connectivity index (χ1n) is 5.31. The van der Waals surface area contributed by atoms with Crippen LogP contribution in [0.3, 0.4) is 0 Å². The Balaban J connectivity index is 2.31. The zero-order valence-electron chi connectivity index (χ0n) is 9.11. The Morgan fingerprint density at radius 2 is 2.38 bits per heavy atom. The van der Waals surface area contributed by atoms with Gasteiger partial charge in [-0.2, -0.15) is 4.31 Å². The van der Waals surface area contributed by atoms with Crippen molar-refractivity contribution in [1.29, 1.82) is 0 Å². The predicted octanol–water partition coefficient (Wildman–Crippen LogP) is 1.93. The molecule has 1 aliphatic heterocycles. The highest BCUT2D eigenvalue weighted by Gasteiger charge is 2.32. The van der Waals surface area contributed by atoms with Gasteiger partial charge in [0.2, 0.25) is 10.0 Å². The van der Waals surface area contributed by atoms with Crippen LogP contribution in [0.25, 0.3) is 0 Å². The first kappa shape index (κ1) is 12.0. The molecule has 16 heavy (non-hydrogen) atoms. The van der Waals surface area contributed by atoms with E-state index in [1.165, 1.54) is 6.20 Å². The fraction of sp³-hybridized carbons (Fsp3) is 0.600. The summed E-state index contributed by atoms with van der Waals surface area (Å²) >= 11 is 5.64. The summed E-state index contributed by atoms with van der Waals surface area (Å²) in [5, 5.41) is 0. The van der Waals surface area contributed by atoms with E-state index in [1.54, 1.807) is 10.4 Å². The van der Waals surface area contributed by atoms with Gasteiger partial charge < -0.3 is 4.98 Å². The fourth-order valence-corrected chi connectivity index (χ4v) is 3.92.